The molecule has 0 amide bonds. The number of hydrogen-bond acceptors (Lipinski definition) is 2. The van der Waals surface area contributed by atoms with E-state index in [0.717, 1.165) is 5.71 Å². The molecule has 84 valence electrons. The molecule has 0 aromatic rings. The smallest absolute Gasteiger partial charge is 0.114 e. The Morgan fingerprint density at radius 1 is 1.33 bits per heavy atom. The van der Waals surface area contributed by atoms with Crippen LogP contribution < -0.4 is 0 Å². The molecule has 0 aliphatic heterocycles. The van der Waals surface area contributed by atoms with Crippen molar-refractivity contribution in [2.75, 3.05) is 0 Å². The van der Waals surface area contributed by atoms with Crippen molar-refractivity contribution >= 4 is 5.71 Å². The fourth-order valence-electron chi connectivity index (χ4n) is 1.45. The summed E-state index contributed by atoms with van der Waals surface area (Å²) in [5.74, 6) is 0.471. The van der Waals surface area contributed by atoms with Gasteiger partial charge < -0.3 is 5.11 Å². The van der Waals surface area contributed by atoms with E-state index in [2.05, 4.69) is 18.8 Å². The Bertz CT molecular complexity index is 316. The second kappa shape index (κ2) is 4.31. The van der Waals surface area contributed by atoms with Crippen molar-refractivity contribution in [3.8, 4) is 0 Å². The lowest BCUT2D eigenvalue weighted by molar-refractivity contribution is 0.287. The van der Waals surface area contributed by atoms with Crippen LogP contribution in [0.4, 0.5) is 0 Å². The molecule has 1 unspecified atom stereocenters. The number of nitrogens with zero attached hydrogens (tertiary/aromatic N) is 1. The van der Waals surface area contributed by atoms with Crippen LogP contribution in [-0.4, -0.2) is 22.5 Å². The maximum atomic E-state index is 9.77. The van der Waals surface area contributed by atoms with Crippen molar-refractivity contribution in [2.45, 2.75) is 46.3 Å². The van der Waals surface area contributed by atoms with Crippen molar-refractivity contribution in [3.63, 3.8) is 0 Å². The van der Waals surface area contributed by atoms with Crippen molar-refractivity contribution in [1.82, 2.24) is 0 Å². The summed E-state index contributed by atoms with van der Waals surface area (Å²) in [5.41, 5.74) is 1.86. The van der Waals surface area contributed by atoms with Gasteiger partial charge in [-0.3, -0.25) is 4.99 Å². The van der Waals surface area contributed by atoms with Crippen molar-refractivity contribution in [3.05, 3.63) is 23.8 Å². The standard InChI is InChI=1S/C13H21NO/c1-9(2)10-6-7-12(15)11(8-10)14-13(3,4)5/h6-9,12,15H,1-5H3/b14-11-. The summed E-state index contributed by atoms with van der Waals surface area (Å²) in [7, 11) is 0. The van der Waals surface area contributed by atoms with Gasteiger partial charge in [-0.2, -0.15) is 0 Å². The minimum atomic E-state index is -0.549. The minimum Gasteiger partial charge on any atom is -0.383 e. The molecule has 15 heavy (non-hydrogen) atoms. The van der Waals surface area contributed by atoms with Gasteiger partial charge in [0, 0.05) is 0 Å². The number of aliphatic hydroxyl groups excluding tert-OH is 1. The monoisotopic (exact) mass is 207 g/mol. The van der Waals surface area contributed by atoms with Crippen LogP contribution in [0.25, 0.3) is 0 Å². The summed E-state index contributed by atoms with van der Waals surface area (Å²) >= 11 is 0. The fraction of sp³-hybridized carbons (Fsp3) is 0.615. The molecule has 0 heterocycles. The summed E-state index contributed by atoms with van der Waals surface area (Å²) in [6.45, 7) is 10.4. The topological polar surface area (TPSA) is 32.6 Å². The van der Waals surface area contributed by atoms with E-state index in [0.29, 0.717) is 5.92 Å². The lowest BCUT2D eigenvalue weighted by Gasteiger charge is -2.20. The highest BCUT2D eigenvalue weighted by Gasteiger charge is 2.17. The van der Waals surface area contributed by atoms with E-state index in [1.165, 1.54) is 5.57 Å². The second-order valence-corrected chi connectivity index (χ2v) is 5.31. The minimum absolute atomic E-state index is 0.139. The first kappa shape index (κ1) is 12.2. The van der Waals surface area contributed by atoms with Crippen LogP contribution in [0.1, 0.15) is 34.6 Å². The molecule has 0 spiro atoms. The molecule has 1 N–H and O–H groups in total. The molecule has 1 aliphatic carbocycles. The van der Waals surface area contributed by atoms with Gasteiger partial charge in [-0.05, 0) is 44.4 Å². The zero-order valence-electron chi connectivity index (χ0n) is 10.3. The largest absolute Gasteiger partial charge is 0.383 e. The SMILES string of the molecule is CC(C)C1=C/C(=N/C(C)(C)C)C(O)C=C1. The normalized spacial score (nSPS) is 24.9. The summed E-state index contributed by atoms with van der Waals surface area (Å²) in [4.78, 5) is 4.52. The Balaban J connectivity index is 2.99. The Morgan fingerprint density at radius 2 is 1.93 bits per heavy atom. The zero-order chi connectivity index (χ0) is 11.6. The second-order valence-electron chi connectivity index (χ2n) is 5.31. The lowest BCUT2D eigenvalue weighted by atomic mass is 9.94. The summed E-state index contributed by atoms with van der Waals surface area (Å²) in [6, 6.07) is 0. The number of aliphatic imine (C=N–C) groups is 1. The molecule has 0 aromatic heterocycles. The van der Waals surface area contributed by atoms with E-state index in [-0.39, 0.29) is 5.54 Å². The Kier molecular flexibility index (Phi) is 3.50. The van der Waals surface area contributed by atoms with Gasteiger partial charge in [-0.15, -0.1) is 0 Å². The highest BCUT2D eigenvalue weighted by molar-refractivity contribution is 6.02. The van der Waals surface area contributed by atoms with Crippen molar-refractivity contribution in [1.29, 1.82) is 0 Å². The van der Waals surface area contributed by atoms with Gasteiger partial charge in [-0.25, -0.2) is 0 Å². The molecule has 1 aliphatic rings. The maximum absolute atomic E-state index is 9.77. The number of allylic oxidation sites excluding steroid dienone is 2. The third-order valence-electron chi connectivity index (χ3n) is 2.22. The van der Waals surface area contributed by atoms with Gasteiger partial charge in [0.05, 0.1) is 11.3 Å². The first-order valence-corrected chi connectivity index (χ1v) is 5.47. The van der Waals surface area contributed by atoms with Gasteiger partial charge in [0.1, 0.15) is 6.10 Å². The van der Waals surface area contributed by atoms with Crippen LogP contribution in [0.15, 0.2) is 28.8 Å². The van der Waals surface area contributed by atoms with E-state index in [4.69, 9.17) is 0 Å². The van der Waals surface area contributed by atoms with Crippen LogP contribution in [-0.2, 0) is 0 Å². The third kappa shape index (κ3) is 3.63. The molecule has 1 atom stereocenters. The summed E-state index contributed by atoms with van der Waals surface area (Å²) in [5, 5.41) is 9.77. The predicted octanol–water partition coefficient (Wildman–Crippen LogP) is 2.74. The first-order valence-electron chi connectivity index (χ1n) is 5.47. The molecule has 0 saturated heterocycles. The Hall–Kier alpha value is -0.890. The van der Waals surface area contributed by atoms with E-state index in [9.17, 15) is 5.11 Å². The lowest BCUT2D eigenvalue weighted by Crippen LogP contribution is -2.24. The fourth-order valence-corrected chi connectivity index (χ4v) is 1.45. The average Bonchev–Trinajstić information content (AvgIpc) is 2.06. The summed E-state index contributed by atoms with van der Waals surface area (Å²) < 4.78 is 0. The predicted molar refractivity (Wildman–Crippen MR) is 65.3 cm³/mol. The molecule has 1 rings (SSSR count). The number of aliphatic hydroxyl groups is 1. The molecular weight excluding hydrogens is 186 g/mol. The maximum Gasteiger partial charge on any atom is 0.114 e. The van der Waals surface area contributed by atoms with Gasteiger partial charge in [0.2, 0.25) is 0 Å². The van der Waals surface area contributed by atoms with Gasteiger partial charge >= 0.3 is 0 Å². The molecule has 0 aromatic carbocycles. The van der Waals surface area contributed by atoms with Crippen LogP contribution >= 0.6 is 0 Å². The first-order chi connectivity index (χ1) is 6.79. The molecule has 0 fully saturated rings. The third-order valence-corrected chi connectivity index (χ3v) is 2.22. The summed E-state index contributed by atoms with van der Waals surface area (Å²) in [6.07, 6.45) is 5.24. The van der Waals surface area contributed by atoms with E-state index >= 15 is 0 Å². The molecule has 2 nitrogen and oxygen atoms in total. The van der Waals surface area contributed by atoms with Gasteiger partial charge in [0.15, 0.2) is 0 Å². The average molecular weight is 207 g/mol. The van der Waals surface area contributed by atoms with Crippen LogP contribution in [0.3, 0.4) is 0 Å². The Morgan fingerprint density at radius 3 is 2.40 bits per heavy atom. The van der Waals surface area contributed by atoms with Crippen molar-refractivity contribution < 1.29 is 5.11 Å². The van der Waals surface area contributed by atoms with Gasteiger partial charge in [-0.1, -0.05) is 19.9 Å². The van der Waals surface area contributed by atoms with Crippen LogP contribution in [0.5, 0.6) is 0 Å². The number of hydrogen-bond donors (Lipinski definition) is 1. The van der Waals surface area contributed by atoms with E-state index in [1.54, 1.807) is 6.08 Å². The highest BCUT2D eigenvalue weighted by Crippen LogP contribution is 2.19. The molecule has 0 bridgehead atoms. The quantitative estimate of drug-likeness (QED) is 0.704. The van der Waals surface area contributed by atoms with Crippen LogP contribution in [0.2, 0.25) is 0 Å². The highest BCUT2D eigenvalue weighted by atomic mass is 16.3. The molecular formula is C13H21NO. The zero-order valence-corrected chi connectivity index (χ0v) is 10.3. The van der Waals surface area contributed by atoms with Crippen molar-refractivity contribution in [2.24, 2.45) is 10.9 Å². The molecule has 0 radical (unpaired) electrons. The Labute approximate surface area is 92.4 Å². The van der Waals surface area contributed by atoms with E-state index in [1.807, 2.05) is 32.9 Å². The van der Waals surface area contributed by atoms with Crippen LogP contribution in [0, 0.1) is 5.92 Å². The van der Waals surface area contributed by atoms with E-state index < -0.39 is 6.10 Å². The molecule has 2 heteroatoms. The molecule has 0 saturated carbocycles. The van der Waals surface area contributed by atoms with Gasteiger partial charge in [0.25, 0.3) is 0 Å². The number of rotatable bonds is 1.